The van der Waals surface area contributed by atoms with Crippen molar-refractivity contribution in [2.45, 2.75) is 0 Å². The molecule has 0 aliphatic heterocycles. The van der Waals surface area contributed by atoms with Crippen LogP contribution in [0.15, 0.2) is 24.3 Å². The van der Waals surface area contributed by atoms with Crippen LogP contribution in [0.4, 0.5) is 5.69 Å². The van der Waals surface area contributed by atoms with Gasteiger partial charge in [0.15, 0.2) is 0 Å². The molecule has 1 aromatic rings. The van der Waals surface area contributed by atoms with Gasteiger partial charge in [0.05, 0.1) is 0 Å². The van der Waals surface area contributed by atoms with Gasteiger partial charge in [-0.25, -0.2) is 0 Å². The topological polar surface area (TPSA) is 49.1 Å². The maximum atomic E-state index is 10.4. The fourth-order valence-electron chi connectivity index (χ4n) is 0.468. The van der Waals surface area contributed by atoms with Gasteiger partial charge in [0.25, 0.3) is 0 Å². The summed E-state index contributed by atoms with van der Waals surface area (Å²) in [6.07, 6.45) is 0. The van der Waals surface area contributed by atoms with E-state index in [1.807, 2.05) is 0 Å². The Balaban J connectivity index is 0.000000640. The molecule has 0 saturated carbocycles. The van der Waals surface area contributed by atoms with Gasteiger partial charge in [-0.3, -0.25) is 0 Å². The van der Waals surface area contributed by atoms with E-state index in [0.29, 0.717) is 5.69 Å². The van der Waals surface area contributed by atoms with Crippen molar-refractivity contribution in [3.63, 3.8) is 0 Å². The van der Waals surface area contributed by atoms with Crippen molar-refractivity contribution in [1.82, 2.24) is 0 Å². The Bertz CT molecular complexity index is 152. The molecule has 0 aliphatic carbocycles. The molecular formula is C6H6KNO. The molecule has 3 heteroatoms. The molecule has 0 aromatic heterocycles. The summed E-state index contributed by atoms with van der Waals surface area (Å²) in [6, 6.07) is 6.05. The summed E-state index contributed by atoms with van der Waals surface area (Å²) in [4.78, 5) is 0. The predicted octanol–water partition coefficient (Wildman–Crippen LogP) is -2.65. The van der Waals surface area contributed by atoms with E-state index < -0.39 is 0 Å². The van der Waals surface area contributed by atoms with Crippen LogP contribution in [0.2, 0.25) is 0 Å². The van der Waals surface area contributed by atoms with Gasteiger partial charge in [-0.2, -0.15) is 0 Å². The van der Waals surface area contributed by atoms with Crippen LogP contribution in [0, 0.1) is 0 Å². The first-order valence-electron chi connectivity index (χ1n) is 2.31. The Morgan fingerprint density at radius 2 is 1.56 bits per heavy atom. The molecule has 0 radical (unpaired) electrons. The number of hydrogen-bond donors (Lipinski definition) is 1. The SMILES string of the molecule is Nc1ccc([O-])cc1.[K+]. The van der Waals surface area contributed by atoms with Gasteiger partial charge in [-0.15, -0.1) is 5.75 Å². The van der Waals surface area contributed by atoms with E-state index in [0.717, 1.165) is 0 Å². The molecule has 0 aliphatic rings. The van der Waals surface area contributed by atoms with Gasteiger partial charge < -0.3 is 10.8 Å². The van der Waals surface area contributed by atoms with E-state index in [-0.39, 0.29) is 57.1 Å². The standard InChI is InChI=1S/C6H7NO.K/c7-5-1-3-6(8)4-2-5;/h1-4,8H,7H2;/q;+1/p-1. The summed E-state index contributed by atoms with van der Waals surface area (Å²) < 4.78 is 0. The van der Waals surface area contributed by atoms with Gasteiger partial charge in [-0.1, -0.05) is 12.1 Å². The maximum absolute atomic E-state index is 10.4. The number of hydrogen-bond acceptors (Lipinski definition) is 2. The number of nitrogens with two attached hydrogens (primary N) is 1. The van der Waals surface area contributed by atoms with Gasteiger partial charge in [0.1, 0.15) is 0 Å². The van der Waals surface area contributed by atoms with Crippen molar-refractivity contribution in [3.05, 3.63) is 24.3 Å². The summed E-state index contributed by atoms with van der Waals surface area (Å²) in [5.74, 6) is -0.000741. The Morgan fingerprint density at radius 3 is 1.89 bits per heavy atom. The second-order valence-electron chi connectivity index (χ2n) is 1.57. The zero-order valence-corrected chi connectivity index (χ0v) is 8.42. The fraction of sp³-hybridized carbons (Fsp3) is 0. The number of benzene rings is 1. The van der Waals surface area contributed by atoms with Crippen LogP contribution < -0.4 is 62.2 Å². The minimum Gasteiger partial charge on any atom is -0.872 e. The molecule has 0 fully saturated rings. The largest absolute Gasteiger partial charge is 1.00 e. The second kappa shape index (κ2) is 4.30. The first-order valence-corrected chi connectivity index (χ1v) is 2.31. The summed E-state index contributed by atoms with van der Waals surface area (Å²) >= 11 is 0. The molecule has 42 valence electrons. The van der Waals surface area contributed by atoms with Crippen LogP contribution in [0.25, 0.3) is 0 Å². The van der Waals surface area contributed by atoms with Gasteiger partial charge in [-0.05, 0) is 12.1 Å². The third-order valence-corrected chi connectivity index (χ3v) is 0.880. The van der Waals surface area contributed by atoms with Crippen molar-refractivity contribution in [2.24, 2.45) is 0 Å². The van der Waals surface area contributed by atoms with Crippen LogP contribution in [-0.4, -0.2) is 0 Å². The Kier molecular flexibility index (Phi) is 4.52. The molecule has 1 rings (SSSR count). The molecule has 0 bridgehead atoms. The molecule has 0 atom stereocenters. The van der Waals surface area contributed by atoms with Crippen molar-refractivity contribution in [1.29, 1.82) is 0 Å². The van der Waals surface area contributed by atoms with Crippen molar-refractivity contribution in [3.8, 4) is 5.75 Å². The molecule has 9 heavy (non-hydrogen) atoms. The average Bonchev–Trinajstić information content (AvgIpc) is 1.77. The quantitative estimate of drug-likeness (QED) is 0.322. The van der Waals surface area contributed by atoms with Gasteiger partial charge in [0.2, 0.25) is 0 Å². The first kappa shape index (κ1) is 9.46. The number of anilines is 1. The molecule has 0 saturated heterocycles. The third kappa shape index (κ3) is 3.22. The van der Waals surface area contributed by atoms with Crippen LogP contribution in [0.1, 0.15) is 0 Å². The van der Waals surface area contributed by atoms with Crippen LogP contribution in [-0.2, 0) is 0 Å². The number of rotatable bonds is 0. The normalized spacial score (nSPS) is 8.00. The van der Waals surface area contributed by atoms with Crippen molar-refractivity contribution >= 4 is 5.69 Å². The van der Waals surface area contributed by atoms with E-state index in [1.165, 1.54) is 12.1 Å². The molecule has 2 N–H and O–H groups in total. The smallest absolute Gasteiger partial charge is 0.872 e. The molecule has 0 unspecified atom stereocenters. The zero-order chi connectivity index (χ0) is 5.98. The van der Waals surface area contributed by atoms with E-state index in [9.17, 15) is 5.11 Å². The van der Waals surface area contributed by atoms with Crippen LogP contribution in [0.3, 0.4) is 0 Å². The molecule has 0 heterocycles. The minimum atomic E-state index is -0.000741. The Morgan fingerprint density at radius 1 is 1.11 bits per heavy atom. The second-order valence-corrected chi connectivity index (χ2v) is 1.57. The van der Waals surface area contributed by atoms with Crippen molar-refractivity contribution < 1.29 is 56.5 Å². The third-order valence-electron chi connectivity index (χ3n) is 0.880. The summed E-state index contributed by atoms with van der Waals surface area (Å²) in [5.41, 5.74) is 5.92. The minimum absolute atomic E-state index is 0. The first-order chi connectivity index (χ1) is 3.79. The van der Waals surface area contributed by atoms with Gasteiger partial charge in [0, 0.05) is 5.69 Å². The average molecular weight is 147 g/mol. The molecule has 0 amide bonds. The van der Waals surface area contributed by atoms with Crippen molar-refractivity contribution in [2.75, 3.05) is 5.73 Å². The number of nitrogen functional groups attached to an aromatic ring is 1. The Hall–Kier alpha value is 0.456. The molecule has 0 spiro atoms. The molecule has 1 aromatic carbocycles. The predicted molar refractivity (Wildman–Crippen MR) is 30.3 cm³/mol. The monoisotopic (exact) mass is 147 g/mol. The summed E-state index contributed by atoms with van der Waals surface area (Å²) in [6.45, 7) is 0. The fourth-order valence-corrected chi connectivity index (χ4v) is 0.468. The molecule has 2 nitrogen and oxygen atoms in total. The molecular weight excluding hydrogens is 141 g/mol. The summed E-state index contributed by atoms with van der Waals surface area (Å²) in [5, 5.41) is 10.4. The van der Waals surface area contributed by atoms with Crippen LogP contribution in [0.5, 0.6) is 5.75 Å². The zero-order valence-electron chi connectivity index (χ0n) is 5.29. The van der Waals surface area contributed by atoms with Gasteiger partial charge >= 0.3 is 51.4 Å². The van der Waals surface area contributed by atoms with E-state index in [2.05, 4.69) is 0 Å². The maximum Gasteiger partial charge on any atom is 1.00 e. The van der Waals surface area contributed by atoms with Crippen LogP contribution >= 0.6 is 0 Å². The van der Waals surface area contributed by atoms with E-state index in [4.69, 9.17) is 5.73 Å². The van der Waals surface area contributed by atoms with E-state index in [1.54, 1.807) is 12.1 Å². The summed E-state index contributed by atoms with van der Waals surface area (Å²) in [7, 11) is 0. The van der Waals surface area contributed by atoms with E-state index >= 15 is 0 Å². The Labute approximate surface area is 96.5 Å².